The second-order valence-corrected chi connectivity index (χ2v) is 4.47. The van der Waals surface area contributed by atoms with Gasteiger partial charge >= 0.3 is 0 Å². The summed E-state index contributed by atoms with van der Waals surface area (Å²) in [5.74, 6) is 0. The molecule has 0 saturated heterocycles. The zero-order valence-corrected chi connectivity index (χ0v) is 11.1. The van der Waals surface area contributed by atoms with Crippen LogP contribution in [0.15, 0.2) is 42.5 Å². The van der Waals surface area contributed by atoms with Gasteiger partial charge in [-0.3, -0.25) is 0 Å². The van der Waals surface area contributed by atoms with Crippen LogP contribution in [0.25, 0.3) is 0 Å². The van der Waals surface area contributed by atoms with Crippen molar-refractivity contribution in [3.63, 3.8) is 0 Å². The molecule has 96 valence electrons. The van der Waals surface area contributed by atoms with Crippen molar-refractivity contribution in [1.29, 1.82) is 5.26 Å². The molecule has 1 N–H and O–H groups in total. The van der Waals surface area contributed by atoms with Gasteiger partial charge < -0.3 is 10.0 Å². The van der Waals surface area contributed by atoms with E-state index in [4.69, 9.17) is 5.11 Å². The number of aryl methyl sites for hydroxylation is 1. The third-order valence-corrected chi connectivity index (χ3v) is 3.20. The van der Waals surface area contributed by atoms with E-state index in [0.717, 1.165) is 22.5 Å². The second kappa shape index (κ2) is 5.55. The maximum atomic E-state index is 9.25. The third-order valence-electron chi connectivity index (χ3n) is 3.20. The highest BCUT2D eigenvalue weighted by atomic mass is 16.3. The first-order chi connectivity index (χ1) is 9.17. The van der Waals surface area contributed by atoms with Crippen LogP contribution in [0.2, 0.25) is 0 Å². The van der Waals surface area contributed by atoms with Gasteiger partial charge in [0.05, 0.1) is 17.9 Å². The first-order valence-electron chi connectivity index (χ1n) is 6.10. The Hall–Kier alpha value is -2.31. The molecule has 0 bridgehead atoms. The van der Waals surface area contributed by atoms with E-state index in [1.807, 2.05) is 55.3 Å². The molecular weight excluding hydrogens is 236 g/mol. The van der Waals surface area contributed by atoms with E-state index in [9.17, 15) is 5.26 Å². The molecule has 3 heteroatoms. The molecule has 0 aliphatic carbocycles. The quantitative estimate of drug-likeness (QED) is 0.913. The van der Waals surface area contributed by atoms with Gasteiger partial charge in [-0.25, -0.2) is 0 Å². The number of para-hydroxylation sites is 1. The van der Waals surface area contributed by atoms with E-state index in [1.165, 1.54) is 0 Å². The van der Waals surface area contributed by atoms with Crippen LogP contribution in [0, 0.1) is 18.3 Å². The van der Waals surface area contributed by atoms with Crippen molar-refractivity contribution in [3.05, 3.63) is 59.2 Å². The van der Waals surface area contributed by atoms with Crippen molar-refractivity contribution in [3.8, 4) is 6.07 Å². The summed E-state index contributed by atoms with van der Waals surface area (Å²) in [4.78, 5) is 2.00. The van der Waals surface area contributed by atoms with E-state index in [-0.39, 0.29) is 6.61 Å². The average molecular weight is 252 g/mol. The summed E-state index contributed by atoms with van der Waals surface area (Å²) in [6.07, 6.45) is 0. The molecule has 19 heavy (non-hydrogen) atoms. The molecular formula is C16H16N2O. The first kappa shape index (κ1) is 13.1. The van der Waals surface area contributed by atoms with Crippen molar-refractivity contribution < 1.29 is 5.11 Å². The topological polar surface area (TPSA) is 47.3 Å². The molecule has 2 rings (SSSR count). The molecule has 0 radical (unpaired) electrons. The molecule has 0 unspecified atom stereocenters. The summed E-state index contributed by atoms with van der Waals surface area (Å²) in [7, 11) is 1.94. The van der Waals surface area contributed by atoms with Gasteiger partial charge in [0.25, 0.3) is 0 Å². The van der Waals surface area contributed by atoms with Crippen LogP contribution in [0.5, 0.6) is 0 Å². The predicted molar refractivity (Wildman–Crippen MR) is 76.3 cm³/mol. The fourth-order valence-corrected chi connectivity index (χ4v) is 2.13. The van der Waals surface area contributed by atoms with Gasteiger partial charge in [-0.15, -0.1) is 0 Å². The van der Waals surface area contributed by atoms with Crippen LogP contribution < -0.4 is 4.90 Å². The monoisotopic (exact) mass is 252 g/mol. The van der Waals surface area contributed by atoms with Crippen molar-refractivity contribution in [2.24, 2.45) is 0 Å². The Balaban J connectivity index is 2.48. The van der Waals surface area contributed by atoms with Crippen LogP contribution >= 0.6 is 0 Å². The van der Waals surface area contributed by atoms with Crippen LogP contribution in [-0.4, -0.2) is 12.2 Å². The Morgan fingerprint density at radius 2 is 1.89 bits per heavy atom. The Bertz CT molecular complexity index is 629. The van der Waals surface area contributed by atoms with Crippen LogP contribution in [0.1, 0.15) is 16.7 Å². The first-order valence-corrected chi connectivity index (χ1v) is 6.10. The van der Waals surface area contributed by atoms with E-state index in [0.29, 0.717) is 5.56 Å². The number of rotatable bonds is 3. The number of nitriles is 1. The zero-order valence-electron chi connectivity index (χ0n) is 11.1. The Morgan fingerprint density at radius 1 is 1.16 bits per heavy atom. The number of benzene rings is 2. The zero-order chi connectivity index (χ0) is 13.8. The molecule has 0 fully saturated rings. The van der Waals surface area contributed by atoms with Crippen molar-refractivity contribution in [2.75, 3.05) is 11.9 Å². The van der Waals surface area contributed by atoms with Gasteiger partial charge in [0.1, 0.15) is 6.07 Å². The van der Waals surface area contributed by atoms with Crippen LogP contribution in [0.3, 0.4) is 0 Å². The molecule has 0 spiro atoms. The third kappa shape index (κ3) is 2.59. The van der Waals surface area contributed by atoms with Gasteiger partial charge in [0, 0.05) is 12.7 Å². The highest BCUT2D eigenvalue weighted by molar-refractivity contribution is 5.71. The SMILES string of the molecule is Cc1ccccc1N(C)c1ccc(CO)cc1C#N. The van der Waals surface area contributed by atoms with Crippen LogP contribution in [0.4, 0.5) is 11.4 Å². The van der Waals surface area contributed by atoms with Crippen molar-refractivity contribution in [1.82, 2.24) is 0 Å². The van der Waals surface area contributed by atoms with E-state index >= 15 is 0 Å². The normalized spacial score (nSPS) is 10.0. The minimum atomic E-state index is -0.0525. The molecule has 2 aromatic rings. The molecule has 0 aliphatic heterocycles. The summed E-state index contributed by atoms with van der Waals surface area (Å²) in [5, 5.41) is 18.4. The lowest BCUT2D eigenvalue weighted by atomic mass is 10.1. The highest BCUT2D eigenvalue weighted by Crippen LogP contribution is 2.29. The summed E-state index contributed by atoms with van der Waals surface area (Å²) in [6.45, 7) is 1.99. The Kier molecular flexibility index (Phi) is 3.84. The van der Waals surface area contributed by atoms with Gasteiger partial charge in [0.15, 0.2) is 0 Å². The van der Waals surface area contributed by atoms with E-state index < -0.39 is 0 Å². The lowest BCUT2D eigenvalue weighted by Gasteiger charge is -2.22. The van der Waals surface area contributed by atoms with Crippen LogP contribution in [-0.2, 0) is 6.61 Å². The minimum Gasteiger partial charge on any atom is -0.392 e. The summed E-state index contributed by atoms with van der Waals surface area (Å²) >= 11 is 0. The molecule has 0 amide bonds. The minimum absolute atomic E-state index is 0.0525. The largest absolute Gasteiger partial charge is 0.392 e. The Labute approximate surface area is 113 Å². The molecule has 0 atom stereocenters. The molecule has 0 heterocycles. The predicted octanol–water partition coefficient (Wildman–Crippen LogP) is 3.13. The van der Waals surface area contributed by atoms with Gasteiger partial charge in [-0.2, -0.15) is 5.26 Å². The van der Waals surface area contributed by atoms with Gasteiger partial charge in [-0.05, 0) is 36.2 Å². The molecule has 0 aliphatic rings. The van der Waals surface area contributed by atoms with Crippen molar-refractivity contribution >= 4 is 11.4 Å². The number of nitrogens with zero attached hydrogens (tertiary/aromatic N) is 2. The second-order valence-electron chi connectivity index (χ2n) is 4.47. The maximum Gasteiger partial charge on any atom is 0.101 e. The molecule has 2 aromatic carbocycles. The number of aliphatic hydroxyl groups excluding tert-OH is 1. The highest BCUT2D eigenvalue weighted by Gasteiger charge is 2.11. The smallest absolute Gasteiger partial charge is 0.101 e. The van der Waals surface area contributed by atoms with E-state index in [2.05, 4.69) is 6.07 Å². The van der Waals surface area contributed by atoms with Gasteiger partial charge in [0.2, 0.25) is 0 Å². The fraction of sp³-hybridized carbons (Fsp3) is 0.188. The van der Waals surface area contributed by atoms with E-state index in [1.54, 1.807) is 6.07 Å². The number of aliphatic hydroxyl groups is 1. The number of hydrogen-bond donors (Lipinski definition) is 1. The molecule has 0 aromatic heterocycles. The lowest BCUT2D eigenvalue weighted by Crippen LogP contribution is -2.12. The number of hydrogen-bond acceptors (Lipinski definition) is 3. The maximum absolute atomic E-state index is 9.25. The summed E-state index contributed by atoms with van der Waals surface area (Å²) < 4.78 is 0. The molecule has 3 nitrogen and oxygen atoms in total. The fourth-order valence-electron chi connectivity index (χ4n) is 2.13. The lowest BCUT2D eigenvalue weighted by molar-refractivity contribution is 0.282. The molecule has 0 saturated carbocycles. The standard InChI is InChI=1S/C16H16N2O/c1-12-5-3-4-6-15(12)18(2)16-8-7-13(11-19)9-14(16)10-17/h3-9,19H,11H2,1-2H3. The summed E-state index contributed by atoms with van der Waals surface area (Å²) in [6, 6.07) is 15.7. The summed E-state index contributed by atoms with van der Waals surface area (Å²) in [5.41, 5.74) is 4.38. The Morgan fingerprint density at radius 3 is 2.53 bits per heavy atom. The number of anilines is 2. The average Bonchev–Trinajstić information content (AvgIpc) is 2.46. The van der Waals surface area contributed by atoms with Gasteiger partial charge in [-0.1, -0.05) is 24.3 Å². The van der Waals surface area contributed by atoms with Crippen molar-refractivity contribution in [2.45, 2.75) is 13.5 Å².